The zero-order valence-electron chi connectivity index (χ0n) is 11.3. The fourth-order valence-electron chi connectivity index (χ4n) is 1.60. The van der Waals surface area contributed by atoms with Gasteiger partial charge in [0.2, 0.25) is 0 Å². The number of carbonyl (C=O) groups excluding carboxylic acids is 1. The lowest BCUT2D eigenvalue weighted by molar-refractivity contribution is 0.102. The minimum Gasteiger partial charge on any atom is -0.363 e. The molecule has 2 rings (SSSR count). The van der Waals surface area contributed by atoms with E-state index < -0.39 is 29.0 Å². The highest BCUT2D eigenvalue weighted by atomic mass is 19.2. The van der Waals surface area contributed by atoms with Crippen molar-refractivity contribution in [3.8, 4) is 0 Å². The molecule has 0 radical (unpaired) electrons. The molecule has 110 valence electrons. The summed E-state index contributed by atoms with van der Waals surface area (Å²) in [5, 5.41) is 2.17. The van der Waals surface area contributed by atoms with Crippen LogP contribution in [-0.4, -0.2) is 25.0 Å². The molecule has 0 unspecified atom stereocenters. The molecule has 0 aliphatic carbocycles. The van der Waals surface area contributed by atoms with Crippen LogP contribution in [0.3, 0.4) is 0 Å². The second-order valence-electron chi connectivity index (χ2n) is 4.48. The van der Waals surface area contributed by atoms with Crippen LogP contribution in [0.15, 0.2) is 30.5 Å². The number of halogens is 3. The van der Waals surface area contributed by atoms with Crippen LogP contribution in [0.1, 0.15) is 10.4 Å². The Morgan fingerprint density at radius 3 is 2.38 bits per heavy atom. The standard InChI is InChI=1S/C14H12F3N3O/c1-20(2)11-6-3-8(7-18-11)14(21)19-10-5-4-9(15)12(16)13(10)17/h3-7H,1-2H3,(H,19,21). The van der Waals surface area contributed by atoms with Crippen molar-refractivity contribution in [2.24, 2.45) is 0 Å². The van der Waals surface area contributed by atoms with Gasteiger partial charge in [-0.05, 0) is 24.3 Å². The maximum Gasteiger partial charge on any atom is 0.257 e. The maximum absolute atomic E-state index is 13.5. The number of nitrogens with one attached hydrogen (secondary N) is 1. The first-order chi connectivity index (χ1) is 9.90. The van der Waals surface area contributed by atoms with E-state index in [9.17, 15) is 18.0 Å². The Morgan fingerprint density at radius 1 is 1.10 bits per heavy atom. The largest absolute Gasteiger partial charge is 0.363 e. The van der Waals surface area contributed by atoms with Gasteiger partial charge in [0, 0.05) is 20.3 Å². The van der Waals surface area contributed by atoms with Crippen molar-refractivity contribution in [1.29, 1.82) is 0 Å². The van der Waals surface area contributed by atoms with Gasteiger partial charge < -0.3 is 10.2 Å². The van der Waals surface area contributed by atoms with E-state index in [0.29, 0.717) is 5.82 Å². The summed E-state index contributed by atoms with van der Waals surface area (Å²) in [6.07, 6.45) is 1.31. The van der Waals surface area contributed by atoms with Crippen molar-refractivity contribution in [2.45, 2.75) is 0 Å². The molecular weight excluding hydrogens is 283 g/mol. The molecule has 1 heterocycles. The van der Waals surface area contributed by atoms with Crippen molar-refractivity contribution in [3.05, 3.63) is 53.5 Å². The quantitative estimate of drug-likeness (QED) is 0.886. The maximum atomic E-state index is 13.5. The summed E-state index contributed by atoms with van der Waals surface area (Å²) in [6, 6.07) is 4.79. The Bertz CT molecular complexity index is 672. The van der Waals surface area contributed by atoms with Crippen LogP contribution in [0.5, 0.6) is 0 Å². The lowest BCUT2D eigenvalue weighted by atomic mass is 10.2. The van der Waals surface area contributed by atoms with E-state index in [1.807, 2.05) is 0 Å². The molecule has 4 nitrogen and oxygen atoms in total. The summed E-state index contributed by atoms with van der Waals surface area (Å²) in [7, 11) is 3.58. The minimum atomic E-state index is -1.63. The Morgan fingerprint density at radius 2 is 1.81 bits per heavy atom. The SMILES string of the molecule is CN(C)c1ccc(C(=O)Nc2ccc(F)c(F)c2F)cn1. The lowest BCUT2D eigenvalue weighted by Gasteiger charge is -2.11. The Kier molecular flexibility index (Phi) is 4.11. The molecule has 0 saturated heterocycles. The average Bonchev–Trinajstić information content (AvgIpc) is 2.48. The fraction of sp³-hybridized carbons (Fsp3) is 0.143. The first-order valence-corrected chi connectivity index (χ1v) is 5.98. The van der Waals surface area contributed by atoms with E-state index in [4.69, 9.17) is 0 Å². The van der Waals surface area contributed by atoms with Gasteiger partial charge in [-0.15, -0.1) is 0 Å². The van der Waals surface area contributed by atoms with Gasteiger partial charge in [0.1, 0.15) is 5.82 Å². The summed E-state index contributed by atoms with van der Waals surface area (Å²) in [6.45, 7) is 0. The molecule has 1 aromatic heterocycles. The van der Waals surface area contributed by atoms with Crippen LogP contribution < -0.4 is 10.2 Å². The molecule has 0 saturated carbocycles. The molecule has 2 aromatic rings. The van der Waals surface area contributed by atoms with Crippen molar-refractivity contribution in [2.75, 3.05) is 24.3 Å². The molecule has 7 heteroatoms. The molecule has 21 heavy (non-hydrogen) atoms. The number of rotatable bonds is 3. The monoisotopic (exact) mass is 295 g/mol. The smallest absolute Gasteiger partial charge is 0.257 e. The van der Waals surface area contributed by atoms with E-state index in [1.54, 1.807) is 25.1 Å². The first-order valence-electron chi connectivity index (χ1n) is 5.98. The summed E-state index contributed by atoms with van der Waals surface area (Å²) in [5.74, 6) is -4.42. The molecule has 0 aliphatic rings. The van der Waals surface area contributed by atoms with E-state index in [0.717, 1.165) is 12.1 Å². The average molecular weight is 295 g/mol. The van der Waals surface area contributed by atoms with Gasteiger partial charge in [-0.25, -0.2) is 18.2 Å². The highest BCUT2D eigenvalue weighted by Crippen LogP contribution is 2.20. The molecule has 1 N–H and O–H groups in total. The third-order valence-corrected chi connectivity index (χ3v) is 2.75. The number of aromatic nitrogens is 1. The number of carbonyl (C=O) groups is 1. The van der Waals surface area contributed by atoms with Crippen molar-refractivity contribution >= 4 is 17.4 Å². The third-order valence-electron chi connectivity index (χ3n) is 2.75. The summed E-state index contributed by atoms with van der Waals surface area (Å²) < 4.78 is 39.3. The predicted octanol–water partition coefficient (Wildman–Crippen LogP) is 2.82. The third kappa shape index (κ3) is 3.13. The highest BCUT2D eigenvalue weighted by molar-refractivity contribution is 6.04. The summed E-state index contributed by atoms with van der Waals surface area (Å²) in [5.41, 5.74) is -0.264. The van der Waals surface area contributed by atoms with Gasteiger partial charge in [0.15, 0.2) is 17.5 Å². The van der Waals surface area contributed by atoms with Crippen LogP contribution in [0.25, 0.3) is 0 Å². The molecule has 0 bridgehead atoms. The van der Waals surface area contributed by atoms with Crippen LogP contribution in [-0.2, 0) is 0 Å². The number of amides is 1. The number of hydrogen-bond donors (Lipinski definition) is 1. The predicted molar refractivity (Wildman–Crippen MR) is 72.8 cm³/mol. The molecular formula is C14H12F3N3O. The Balaban J connectivity index is 2.20. The van der Waals surface area contributed by atoms with Crippen molar-refractivity contribution < 1.29 is 18.0 Å². The van der Waals surface area contributed by atoms with Gasteiger partial charge in [-0.3, -0.25) is 4.79 Å². The normalized spacial score (nSPS) is 10.3. The van der Waals surface area contributed by atoms with Gasteiger partial charge in [-0.1, -0.05) is 0 Å². The number of benzene rings is 1. The molecule has 0 atom stereocenters. The molecule has 0 aliphatic heterocycles. The van der Waals surface area contributed by atoms with Crippen LogP contribution in [0.4, 0.5) is 24.7 Å². The summed E-state index contributed by atoms with van der Waals surface area (Å²) >= 11 is 0. The van der Waals surface area contributed by atoms with Crippen molar-refractivity contribution in [3.63, 3.8) is 0 Å². The molecule has 1 amide bonds. The van der Waals surface area contributed by atoms with E-state index in [1.165, 1.54) is 12.3 Å². The van der Waals surface area contributed by atoms with Crippen LogP contribution in [0.2, 0.25) is 0 Å². The second-order valence-corrected chi connectivity index (χ2v) is 4.48. The molecule has 0 fully saturated rings. The zero-order valence-corrected chi connectivity index (χ0v) is 11.3. The highest BCUT2D eigenvalue weighted by Gasteiger charge is 2.16. The number of pyridine rings is 1. The van der Waals surface area contributed by atoms with Gasteiger partial charge in [-0.2, -0.15) is 0 Å². The number of anilines is 2. The van der Waals surface area contributed by atoms with Gasteiger partial charge >= 0.3 is 0 Å². The number of nitrogens with zero attached hydrogens (tertiary/aromatic N) is 2. The van der Waals surface area contributed by atoms with Crippen LogP contribution in [0, 0.1) is 17.5 Å². The topological polar surface area (TPSA) is 45.2 Å². The first kappa shape index (κ1) is 14.8. The van der Waals surface area contributed by atoms with Gasteiger partial charge in [0.25, 0.3) is 5.91 Å². The molecule has 1 aromatic carbocycles. The Hall–Kier alpha value is -2.57. The van der Waals surface area contributed by atoms with E-state index in [-0.39, 0.29) is 5.56 Å². The van der Waals surface area contributed by atoms with E-state index >= 15 is 0 Å². The minimum absolute atomic E-state index is 0.171. The number of hydrogen-bond acceptors (Lipinski definition) is 3. The second kappa shape index (κ2) is 5.82. The molecule has 0 spiro atoms. The van der Waals surface area contributed by atoms with Crippen molar-refractivity contribution in [1.82, 2.24) is 4.98 Å². The fourth-order valence-corrected chi connectivity index (χ4v) is 1.60. The Labute approximate surface area is 119 Å². The van der Waals surface area contributed by atoms with E-state index in [2.05, 4.69) is 10.3 Å². The van der Waals surface area contributed by atoms with Gasteiger partial charge in [0.05, 0.1) is 11.3 Å². The zero-order chi connectivity index (χ0) is 15.6. The lowest BCUT2D eigenvalue weighted by Crippen LogP contribution is -2.15. The van der Waals surface area contributed by atoms with Crippen LogP contribution >= 0.6 is 0 Å². The summed E-state index contributed by atoms with van der Waals surface area (Å²) in [4.78, 5) is 17.7.